The van der Waals surface area contributed by atoms with Crippen molar-refractivity contribution in [1.29, 1.82) is 0 Å². The zero-order valence-electron chi connectivity index (χ0n) is 12.5. The second-order valence-electron chi connectivity index (χ2n) is 6.25. The van der Waals surface area contributed by atoms with Crippen LogP contribution < -0.4 is 10.6 Å². The van der Waals surface area contributed by atoms with Crippen LogP contribution in [0.2, 0.25) is 0 Å². The molecule has 1 fully saturated rings. The maximum atomic E-state index is 12.7. The summed E-state index contributed by atoms with van der Waals surface area (Å²) in [5.41, 5.74) is 3.30. The molecule has 3 rings (SSSR count). The quantitative estimate of drug-likeness (QED) is 0.915. The van der Waals surface area contributed by atoms with Gasteiger partial charge in [0.1, 0.15) is 0 Å². The van der Waals surface area contributed by atoms with Gasteiger partial charge in [0.05, 0.1) is 15.7 Å². The SMILES string of the molecule is CC(C)(C(=O)Nc1ccc2ncsc2c1)C1CCCNC1. The minimum absolute atomic E-state index is 0.0973. The lowest BCUT2D eigenvalue weighted by molar-refractivity contribution is -0.127. The highest BCUT2D eigenvalue weighted by atomic mass is 32.1. The van der Waals surface area contributed by atoms with Gasteiger partial charge in [-0.2, -0.15) is 0 Å². The van der Waals surface area contributed by atoms with Crippen LogP contribution in [0.5, 0.6) is 0 Å². The largest absolute Gasteiger partial charge is 0.326 e. The van der Waals surface area contributed by atoms with Gasteiger partial charge in [-0.1, -0.05) is 13.8 Å². The predicted octanol–water partition coefficient (Wildman–Crippen LogP) is 3.26. The molecule has 1 aromatic heterocycles. The Morgan fingerprint density at radius 1 is 1.48 bits per heavy atom. The standard InChI is InChI=1S/C16H21N3OS/c1-16(2,11-4-3-7-17-9-11)15(20)19-12-5-6-13-14(8-12)21-10-18-13/h5-6,8,10-11,17H,3-4,7,9H2,1-2H3,(H,19,20). The third kappa shape index (κ3) is 2.94. The van der Waals surface area contributed by atoms with Crippen LogP contribution in [-0.2, 0) is 4.79 Å². The van der Waals surface area contributed by atoms with Crippen molar-refractivity contribution in [1.82, 2.24) is 10.3 Å². The first-order valence-corrected chi connectivity index (χ1v) is 8.31. The van der Waals surface area contributed by atoms with E-state index in [4.69, 9.17) is 0 Å². The lowest BCUT2D eigenvalue weighted by Crippen LogP contribution is -2.44. The third-order valence-corrected chi connectivity index (χ3v) is 5.28. The molecule has 4 nitrogen and oxygen atoms in total. The summed E-state index contributed by atoms with van der Waals surface area (Å²) in [7, 11) is 0. The topological polar surface area (TPSA) is 54.0 Å². The van der Waals surface area contributed by atoms with E-state index in [0.717, 1.165) is 41.8 Å². The number of hydrogen-bond donors (Lipinski definition) is 2. The third-order valence-electron chi connectivity index (χ3n) is 4.49. The van der Waals surface area contributed by atoms with Crippen molar-refractivity contribution in [2.75, 3.05) is 18.4 Å². The second-order valence-corrected chi connectivity index (χ2v) is 7.14. The maximum Gasteiger partial charge on any atom is 0.230 e. The Morgan fingerprint density at radius 2 is 2.33 bits per heavy atom. The van der Waals surface area contributed by atoms with E-state index in [1.165, 1.54) is 0 Å². The smallest absolute Gasteiger partial charge is 0.230 e. The molecule has 1 aromatic carbocycles. The highest BCUT2D eigenvalue weighted by Crippen LogP contribution is 2.33. The van der Waals surface area contributed by atoms with Crippen molar-refractivity contribution < 1.29 is 4.79 Å². The molecule has 2 N–H and O–H groups in total. The van der Waals surface area contributed by atoms with E-state index in [1.807, 2.05) is 37.6 Å². The molecule has 0 saturated carbocycles. The van der Waals surface area contributed by atoms with Crippen molar-refractivity contribution in [2.24, 2.45) is 11.3 Å². The molecule has 1 aliphatic heterocycles. The van der Waals surface area contributed by atoms with E-state index in [2.05, 4.69) is 15.6 Å². The number of carbonyl (C=O) groups excluding carboxylic acids is 1. The van der Waals surface area contributed by atoms with Gasteiger partial charge in [-0.25, -0.2) is 4.98 Å². The average Bonchev–Trinajstić information content (AvgIpc) is 2.95. The Morgan fingerprint density at radius 3 is 3.10 bits per heavy atom. The van der Waals surface area contributed by atoms with Gasteiger partial charge in [-0.05, 0) is 50.0 Å². The fourth-order valence-electron chi connectivity index (χ4n) is 2.88. The van der Waals surface area contributed by atoms with Crippen LogP contribution >= 0.6 is 11.3 Å². The van der Waals surface area contributed by atoms with Crippen LogP contribution in [0.4, 0.5) is 5.69 Å². The zero-order chi connectivity index (χ0) is 14.9. The van der Waals surface area contributed by atoms with Crippen LogP contribution in [0.1, 0.15) is 26.7 Å². The van der Waals surface area contributed by atoms with Gasteiger partial charge in [0.15, 0.2) is 0 Å². The van der Waals surface area contributed by atoms with Crippen molar-refractivity contribution >= 4 is 33.1 Å². The Bertz CT molecular complexity index is 644. The maximum absolute atomic E-state index is 12.7. The fraction of sp³-hybridized carbons (Fsp3) is 0.500. The normalized spacial score (nSPS) is 19.6. The van der Waals surface area contributed by atoms with Gasteiger partial charge in [0, 0.05) is 11.1 Å². The monoisotopic (exact) mass is 303 g/mol. The molecule has 21 heavy (non-hydrogen) atoms. The van der Waals surface area contributed by atoms with E-state index < -0.39 is 0 Å². The first-order chi connectivity index (χ1) is 10.1. The van der Waals surface area contributed by atoms with Crippen LogP contribution in [0.15, 0.2) is 23.7 Å². The first-order valence-electron chi connectivity index (χ1n) is 7.43. The molecule has 1 amide bonds. The molecule has 1 atom stereocenters. The molecule has 5 heteroatoms. The number of carbonyl (C=O) groups is 1. The number of fused-ring (bicyclic) bond motifs is 1. The molecule has 0 bridgehead atoms. The highest BCUT2D eigenvalue weighted by molar-refractivity contribution is 7.16. The van der Waals surface area contributed by atoms with Crippen LogP contribution in [0.25, 0.3) is 10.2 Å². The lowest BCUT2D eigenvalue weighted by atomic mass is 9.74. The highest BCUT2D eigenvalue weighted by Gasteiger charge is 2.37. The summed E-state index contributed by atoms with van der Waals surface area (Å²) in [5, 5.41) is 6.47. The van der Waals surface area contributed by atoms with E-state index >= 15 is 0 Å². The van der Waals surface area contributed by atoms with Gasteiger partial charge in [-0.15, -0.1) is 11.3 Å². The molecule has 1 unspecified atom stereocenters. The van der Waals surface area contributed by atoms with Crippen molar-refractivity contribution in [3.63, 3.8) is 0 Å². The summed E-state index contributed by atoms with van der Waals surface area (Å²) in [4.78, 5) is 16.9. The molecular formula is C16H21N3OS. The van der Waals surface area contributed by atoms with Gasteiger partial charge < -0.3 is 10.6 Å². The number of piperidine rings is 1. The van der Waals surface area contributed by atoms with Crippen molar-refractivity contribution in [3.05, 3.63) is 23.7 Å². The van der Waals surface area contributed by atoms with Crippen molar-refractivity contribution in [2.45, 2.75) is 26.7 Å². The summed E-state index contributed by atoms with van der Waals surface area (Å²) >= 11 is 1.59. The number of nitrogens with one attached hydrogen (secondary N) is 2. The van der Waals surface area contributed by atoms with Gasteiger partial charge in [-0.3, -0.25) is 4.79 Å². The lowest BCUT2D eigenvalue weighted by Gasteiger charge is -2.36. The van der Waals surface area contributed by atoms with Crippen molar-refractivity contribution in [3.8, 4) is 0 Å². The summed E-state index contributed by atoms with van der Waals surface area (Å²) in [5.74, 6) is 0.485. The first kappa shape index (κ1) is 14.5. The Labute approximate surface area is 129 Å². The number of benzene rings is 1. The molecular weight excluding hydrogens is 282 g/mol. The second kappa shape index (κ2) is 5.73. The Hall–Kier alpha value is -1.46. The minimum atomic E-state index is -0.365. The summed E-state index contributed by atoms with van der Waals surface area (Å²) in [6.07, 6.45) is 2.26. The van der Waals surface area contributed by atoms with E-state index in [0.29, 0.717) is 5.92 Å². The molecule has 2 aromatic rings. The summed E-state index contributed by atoms with van der Waals surface area (Å²) in [6.45, 7) is 6.08. The number of amides is 1. The fourth-order valence-corrected chi connectivity index (χ4v) is 3.59. The Balaban J connectivity index is 1.74. The van der Waals surface area contributed by atoms with Gasteiger partial charge in [0.2, 0.25) is 5.91 Å². The number of thiazole rings is 1. The van der Waals surface area contributed by atoms with E-state index in [9.17, 15) is 4.79 Å². The minimum Gasteiger partial charge on any atom is -0.326 e. The zero-order valence-corrected chi connectivity index (χ0v) is 13.3. The number of rotatable bonds is 3. The molecule has 0 aliphatic carbocycles. The summed E-state index contributed by atoms with van der Waals surface area (Å²) in [6, 6.07) is 5.88. The van der Waals surface area contributed by atoms with E-state index in [-0.39, 0.29) is 11.3 Å². The van der Waals surface area contributed by atoms with E-state index in [1.54, 1.807) is 11.3 Å². The number of anilines is 1. The van der Waals surface area contributed by atoms with Crippen LogP contribution in [0, 0.1) is 11.3 Å². The Kier molecular flexibility index (Phi) is 3.95. The molecule has 1 aliphatic rings. The van der Waals surface area contributed by atoms with Gasteiger partial charge in [0.25, 0.3) is 0 Å². The molecule has 1 saturated heterocycles. The number of hydrogen-bond acceptors (Lipinski definition) is 4. The predicted molar refractivity (Wildman–Crippen MR) is 87.6 cm³/mol. The molecule has 0 radical (unpaired) electrons. The number of aromatic nitrogens is 1. The number of nitrogens with zero attached hydrogens (tertiary/aromatic N) is 1. The average molecular weight is 303 g/mol. The van der Waals surface area contributed by atoms with Gasteiger partial charge >= 0.3 is 0 Å². The van der Waals surface area contributed by atoms with Crippen LogP contribution in [-0.4, -0.2) is 24.0 Å². The van der Waals surface area contributed by atoms with Crippen LogP contribution in [0.3, 0.4) is 0 Å². The molecule has 0 spiro atoms. The molecule has 2 heterocycles. The molecule has 112 valence electrons. The summed E-state index contributed by atoms with van der Waals surface area (Å²) < 4.78 is 1.10.